The number of hydrogen-bond donors (Lipinski definition) is 1. The van der Waals surface area contributed by atoms with Crippen LogP contribution in [0.5, 0.6) is 0 Å². The van der Waals surface area contributed by atoms with Gasteiger partial charge in [-0.15, -0.1) is 0 Å². The molecule has 0 bridgehead atoms. The monoisotopic (exact) mass is 364 g/mol. The molecule has 140 valence electrons. The predicted molar refractivity (Wildman–Crippen MR) is 104 cm³/mol. The number of fused-ring (bicyclic) bond motifs is 1. The lowest BCUT2D eigenvalue weighted by Crippen LogP contribution is -2.16. The van der Waals surface area contributed by atoms with E-state index >= 15 is 0 Å². The van der Waals surface area contributed by atoms with E-state index in [1.54, 1.807) is 23.0 Å². The summed E-state index contributed by atoms with van der Waals surface area (Å²) in [5.74, 6) is -0.202. The van der Waals surface area contributed by atoms with Gasteiger partial charge in [0.05, 0.1) is 18.4 Å². The van der Waals surface area contributed by atoms with Crippen molar-refractivity contribution in [1.29, 1.82) is 0 Å². The van der Waals surface area contributed by atoms with Crippen molar-refractivity contribution < 1.29 is 9.53 Å². The van der Waals surface area contributed by atoms with Crippen molar-refractivity contribution in [3.05, 3.63) is 59.5 Å². The molecule has 1 aliphatic rings. The second-order valence-electron chi connectivity index (χ2n) is 7.07. The summed E-state index contributed by atoms with van der Waals surface area (Å²) in [5.41, 5.74) is 3.53. The fourth-order valence-corrected chi connectivity index (χ4v) is 3.64. The summed E-state index contributed by atoms with van der Waals surface area (Å²) < 4.78 is 7.67. The Hall–Kier alpha value is -2.73. The Morgan fingerprint density at radius 1 is 1.26 bits per heavy atom. The van der Waals surface area contributed by atoms with E-state index in [0.29, 0.717) is 29.6 Å². The molecule has 0 radical (unpaired) electrons. The van der Waals surface area contributed by atoms with Crippen molar-refractivity contribution in [2.45, 2.75) is 51.7 Å². The Balaban J connectivity index is 1.45. The lowest BCUT2D eigenvalue weighted by molar-refractivity contribution is 0.0169. The molecule has 0 spiro atoms. The number of carbonyl (C=O) groups excluding carboxylic acids is 1. The van der Waals surface area contributed by atoms with Gasteiger partial charge in [-0.05, 0) is 43.5 Å². The van der Waals surface area contributed by atoms with E-state index in [4.69, 9.17) is 4.74 Å². The standard InChI is InChI=1S/C21H24N4O2/c1-15-19(20-22-11-6-12-25(20)24-15)21(26)23-17-8-5-7-16(13-17)14-27-18-9-3-2-4-10-18/h5-8,11-13,18H,2-4,9-10,14H2,1H3,(H,23,26). The number of hydrogen-bond acceptors (Lipinski definition) is 4. The highest BCUT2D eigenvalue weighted by Gasteiger charge is 2.18. The first-order valence-electron chi connectivity index (χ1n) is 9.52. The third kappa shape index (κ3) is 4.01. The molecule has 2 aromatic heterocycles. The van der Waals surface area contributed by atoms with Gasteiger partial charge in [0.15, 0.2) is 5.65 Å². The average molecular weight is 364 g/mol. The predicted octanol–water partition coefficient (Wildman–Crippen LogP) is 4.14. The van der Waals surface area contributed by atoms with Gasteiger partial charge >= 0.3 is 0 Å². The van der Waals surface area contributed by atoms with Gasteiger partial charge in [-0.3, -0.25) is 4.79 Å². The molecule has 1 aromatic carbocycles. The van der Waals surface area contributed by atoms with E-state index in [9.17, 15) is 4.79 Å². The zero-order valence-electron chi connectivity index (χ0n) is 15.5. The van der Waals surface area contributed by atoms with E-state index in [-0.39, 0.29) is 5.91 Å². The molecule has 1 N–H and O–H groups in total. The molecule has 3 aromatic rings. The fourth-order valence-electron chi connectivity index (χ4n) is 3.64. The molecule has 0 unspecified atom stereocenters. The Morgan fingerprint density at radius 2 is 2.11 bits per heavy atom. The zero-order chi connectivity index (χ0) is 18.6. The van der Waals surface area contributed by atoms with Gasteiger partial charge in [0, 0.05) is 18.1 Å². The number of ether oxygens (including phenoxy) is 1. The summed E-state index contributed by atoms with van der Waals surface area (Å²) >= 11 is 0. The quantitative estimate of drug-likeness (QED) is 0.739. The van der Waals surface area contributed by atoms with E-state index in [1.165, 1.54) is 19.3 Å². The Bertz CT molecular complexity index is 944. The number of rotatable bonds is 5. The number of nitrogens with zero attached hydrogens (tertiary/aromatic N) is 3. The molecule has 1 aliphatic carbocycles. The first kappa shape index (κ1) is 17.7. The Kier molecular flexibility index (Phi) is 5.16. The number of aromatic nitrogens is 3. The first-order valence-corrected chi connectivity index (χ1v) is 9.52. The SMILES string of the molecule is Cc1nn2cccnc2c1C(=O)Nc1cccc(COC2CCCCC2)c1. The zero-order valence-corrected chi connectivity index (χ0v) is 15.5. The molecule has 1 saturated carbocycles. The average Bonchev–Trinajstić information content (AvgIpc) is 3.03. The van der Waals surface area contributed by atoms with E-state index in [1.807, 2.05) is 31.2 Å². The molecule has 1 amide bonds. The van der Waals surface area contributed by atoms with Gasteiger partial charge in [0.2, 0.25) is 0 Å². The van der Waals surface area contributed by atoms with Gasteiger partial charge in [-0.1, -0.05) is 31.4 Å². The van der Waals surface area contributed by atoms with Crippen LogP contribution in [0, 0.1) is 6.92 Å². The first-order chi connectivity index (χ1) is 13.2. The highest BCUT2D eigenvalue weighted by atomic mass is 16.5. The minimum absolute atomic E-state index is 0.202. The summed E-state index contributed by atoms with van der Waals surface area (Å²) in [7, 11) is 0. The normalized spacial score (nSPS) is 15.1. The van der Waals surface area contributed by atoms with Gasteiger partial charge in [0.1, 0.15) is 5.56 Å². The number of benzene rings is 1. The number of carbonyl (C=O) groups is 1. The third-order valence-corrected chi connectivity index (χ3v) is 5.02. The molecular formula is C21H24N4O2. The summed E-state index contributed by atoms with van der Waals surface area (Å²) in [4.78, 5) is 17.1. The van der Waals surface area contributed by atoms with E-state index in [0.717, 1.165) is 24.1 Å². The maximum absolute atomic E-state index is 12.8. The topological polar surface area (TPSA) is 68.5 Å². The second kappa shape index (κ2) is 7.88. The van der Waals surface area contributed by atoms with Crippen LogP contribution in [0.1, 0.15) is 53.7 Å². The number of nitrogens with one attached hydrogen (secondary N) is 1. The highest BCUT2D eigenvalue weighted by molar-refractivity contribution is 6.09. The van der Waals surface area contributed by atoms with Gasteiger partial charge < -0.3 is 10.1 Å². The van der Waals surface area contributed by atoms with Crippen molar-refractivity contribution >= 4 is 17.2 Å². The molecule has 0 aliphatic heterocycles. The largest absolute Gasteiger partial charge is 0.374 e. The van der Waals surface area contributed by atoms with Crippen molar-refractivity contribution in [3.8, 4) is 0 Å². The molecule has 6 heteroatoms. The maximum atomic E-state index is 12.8. The number of anilines is 1. The van der Waals surface area contributed by atoms with Crippen LogP contribution in [0.25, 0.3) is 5.65 Å². The molecule has 2 heterocycles. The van der Waals surface area contributed by atoms with Crippen LogP contribution in [0.2, 0.25) is 0 Å². The van der Waals surface area contributed by atoms with Crippen LogP contribution < -0.4 is 5.32 Å². The third-order valence-electron chi connectivity index (χ3n) is 5.02. The molecular weight excluding hydrogens is 340 g/mol. The smallest absolute Gasteiger partial charge is 0.261 e. The molecule has 0 saturated heterocycles. The van der Waals surface area contributed by atoms with Crippen molar-refractivity contribution in [2.24, 2.45) is 0 Å². The van der Waals surface area contributed by atoms with Crippen LogP contribution in [0.3, 0.4) is 0 Å². The van der Waals surface area contributed by atoms with Crippen LogP contribution in [-0.2, 0) is 11.3 Å². The molecule has 6 nitrogen and oxygen atoms in total. The van der Waals surface area contributed by atoms with Crippen molar-refractivity contribution in [3.63, 3.8) is 0 Å². The molecule has 4 rings (SSSR count). The summed E-state index contributed by atoms with van der Waals surface area (Å²) in [6.07, 6.45) is 9.95. The van der Waals surface area contributed by atoms with Crippen molar-refractivity contribution in [2.75, 3.05) is 5.32 Å². The minimum Gasteiger partial charge on any atom is -0.374 e. The molecule has 27 heavy (non-hydrogen) atoms. The summed E-state index contributed by atoms with van der Waals surface area (Å²) in [6.45, 7) is 2.39. The van der Waals surface area contributed by atoms with Crippen LogP contribution in [-0.4, -0.2) is 26.6 Å². The fraction of sp³-hybridized carbons (Fsp3) is 0.381. The lowest BCUT2D eigenvalue weighted by Gasteiger charge is -2.22. The molecule has 1 fully saturated rings. The summed E-state index contributed by atoms with van der Waals surface area (Å²) in [5, 5.41) is 7.32. The Labute approximate surface area is 158 Å². The second-order valence-corrected chi connectivity index (χ2v) is 7.07. The van der Waals surface area contributed by atoms with Gasteiger partial charge in [-0.25, -0.2) is 9.50 Å². The number of aryl methyl sites for hydroxylation is 1. The lowest BCUT2D eigenvalue weighted by atomic mass is 9.98. The Morgan fingerprint density at radius 3 is 2.96 bits per heavy atom. The number of amides is 1. The van der Waals surface area contributed by atoms with Gasteiger partial charge in [-0.2, -0.15) is 5.10 Å². The van der Waals surface area contributed by atoms with E-state index < -0.39 is 0 Å². The van der Waals surface area contributed by atoms with Crippen molar-refractivity contribution in [1.82, 2.24) is 14.6 Å². The van der Waals surface area contributed by atoms with Gasteiger partial charge in [0.25, 0.3) is 5.91 Å². The van der Waals surface area contributed by atoms with Crippen LogP contribution >= 0.6 is 0 Å². The van der Waals surface area contributed by atoms with Crippen LogP contribution in [0.15, 0.2) is 42.7 Å². The van der Waals surface area contributed by atoms with E-state index in [2.05, 4.69) is 15.4 Å². The maximum Gasteiger partial charge on any atom is 0.261 e. The highest BCUT2D eigenvalue weighted by Crippen LogP contribution is 2.22. The van der Waals surface area contributed by atoms with Crippen LogP contribution in [0.4, 0.5) is 5.69 Å². The summed E-state index contributed by atoms with van der Waals surface area (Å²) in [6, 6.07) is 9.61. The molecule has 0 atom stereocenters. The minimum atomic E-state index is -0.202.